The van der Waals surface area contributed by atoms with Crippen LogP contribution in [-0.2, 0) is 6.42 Å². The highest BCUT2D eigenvalue weighted by atomic mass is 32.1. The maximum Gasteiger partial charge on any atom is 0.0796 e. The Kier molecular flexibility index (Phi) is 4.20. The highest BCUT2D eigenvalue weighted by Gasteiger charge is 2.12. The molecule has 0 saturated heterocycles. The van der Waals surface area contributed by atoms with E-state index in [4.69, 9.17) is 0 Å². The first kappa shape index (κ1) is 13.3. The lowest BCUT2D eigenvalue weighted by atomic mass is 9.95. The van der Waals surface area contributed by atoms with Crippen molar-refractivity contribution in [3.05, 3.63) is 56.8 Å². The average Bonchev–Trinajstić information content (AvgIpc) is 2.84. The van der Waals surface area contributed by atoms with E-state index >= 15 is 0 Å². The Hall–Kier alpha value is -1.12. The molecule has 0 bridgehead atoms. The maximum atomic E-state index is 10.3. The molecular weight excluding hydrogens is 240 g/mol. The minimum Gasteiger partial charge on any atom is -0.388 e. The first-order chi connectivity index (χ1) is 8.58. The summed E-state index contributed by atoms with van der Waals surface area (Å²) in [5.41, 5.74) is 4.82. The lowest BCUT2D eigenvalue weighted by Crippen LogP contribution is -2.03. The molecule has 1 N–H and O–H groups in total. The van der Waals surface area contributed by atoms with Crippen molar-refractivity contribution in [2.75, 3.05) is 0 Å². The summed E-state index contributed by atoms with van der Waals surface area (Å²) in [6, 6.07) is 8.49. The van der Waals surface area contributed by atoms with Crippen LogP contribution in [0.25, 0.3) is 0 Å². The van der Waals surface area contributed by atoms with Gasteiger partial charge in [0.1, 0.15) is 0 Å². The fraction of sp³-hybridized carbons (Fsp3) is 0.375. The molecule has 0 spiro atoms. The van der Waals surface area contributed by atoms with E-state index in [1.807, 2.05) is 0 Å². The zero-order valence-corrected chi connectivity index (χ0v) is 12.1. The van der Waals surface area contributed by atoms with Crippen LogP contribution in [0.1, 0.15) is 39.7 Å². The van der Waals surface area contributed by atoms with Gasteiger partial charge in [-0.3, -0.25) is 0 Å². The van der Waals surface area contributed by atoms with Gasteiger partial charge in [0.25, 0.3) is 0 Å². The van der Waals surface area contributed by atoms with Crippen LogP contribution >= 0.6 is 11.3 Å². The predicted octanol–water partition coefficient (Wildman–Crippen LogP) is 4.34. The normalized spacial score (nSPS) is 12.7. The Morgan fingerprint density at radius 2 is 1.83 bits per heavy atom. The van der Waals surface area contributed by atoms with Crippen LogP contribution in [-0.4, -0.2) is 5.11 Å². The average molecular weight is 260 g/mol. The Bertz CT molecular complexity index is 514. The minimum absolute atomic E-state index is 0.355. The fourth-order valence-corrected chi connectivity index (χ4v) is 2.96. The topological polar surface area (TPSA) is 20.2 Å². The van der Waals surface area contributed by atoms with Gasteiger partial charge in [-0.15, -0.1) is 11.3 Å². The zero-order chi connectivity index (χ0) is 13.1. The molecule has 18 heavy (non-hydrogen) atoms. The number of thiophene rings is 1. The van der Waals surface area contributed by atoms with Crippen molar-refractivity contribution in [3.8, 4) is 0 Å². The molecule has 1 aromatic heterocycles. The molecule has 1 heterocycles. The van der Waals surface area contributed by atoms with Crippen molar-refractivity contribution in [3.63, 3.8) is 0 Å². The monoisotopic (exact) mass is 260 g/mol. The lowest BCUT2D eigenvalue weighted by Gasteiger charge is -2.15. The lowest BCUT2D eigenvalue weighted by molar-refractivity contribution is 0.167. The molecule has 0 radical (unpaired) electrons. The third kappa shape index (κ3) is 3.01. The van der Waals surface area contributed by atoms with E-state index in [2.05, 4.69) is 50.4 Å². The Balaban J connectivity index is 2.09. The molecule has 1 nitrogen and oxygen atoms in total. The van der Waals surface area contributed by atoms with Crippen molar-refractivity contribution in [1.29, 1.82) is 0 Å². The smallest absolute Gasteiger partial charge is 0.0796 e. The van der Waals surface area contributed by atoms with Crippen molar-refractivity contribution in [1.82, 2.24) is 0 Å². The molecule has 0 aliphatic rings. The van der Waals surface area contributed by atoms with Crippen LogP contribution < -0.4 is 0 Å². The summed E-state index contributed by atoms with van der Waals surface area (Å²) in [5.74, 6) is 0. The number of benzene rings is 1. The summed E-state index contributed by atoms with van der Waals surface area (Å²) in [5, 5.41) is 12.4. The zero-order valence-electron chi connectivity index (χ0n) is 11.2. The Labute approximate surface area is 113 Å². The third-order valence-electron chi connectivity index (χ3n) is 3.49. The molecule has 0 fully saturated rings. The summed E-state index contributed by atoms with van der Waals surface area (Å²) in [6.45, 7) is 6.30. The summed E-state index contributed by atoms with van der Waals surface area (Å²) in [4.78, 5) is 1.34. The molecule has 2 aromatic rings. The van der Waals surface area contributed by atoms with Gasteiger partial charge in [0.15, 0.2) is 0 Å². The van der Waals surface area contributed by atoms with Crippen LogP contribution in [0.3, 0.4) is 0 Å². The first-order valence-corrected chi connectivity index (χ1v) is 7.24. The SMILES string of the molecule is Cc1cc(C)c(C(O)CCc2cccs2)cc1C. The Morgan fingerprint density at radius 1 is 1.11 bits per heavy atom. The van der Waals surface area contributed by atoms with E-state index in [0.717, 1.165) is 18.4 Å². The highest BCUT2D eigenvalue weighted by Crippen LogP contribution is 2.26. The second-order valence-electron chi connectivity index (χ2n) is 4.93. The van der Waals surface area contributed by atoms with Crippen LogP contribution in [0.4, 0.5) is 0 Å². The molecule has 0 saturated carbocycles. The second-order valence-corrected chi connectivity index (χ2v) is 5.96. The third-order valence-corrected chi connectivity index (χ3v) is 4.42. The number of rotatable bonds is 4. The first-order valence-electron chi connectivity index (χ1n) is 6.36. The van der Waals surface area contributed by atoms with E-state index in [-0.39, 0.29) is 6.10 Å². The van der Waals surface area contributed by atoms with E-state index in [9.17, 15) is 5.11 Å². The van der Waals surface area contributed by atoms with Gasteiger partial charge in [-0.1, -0.05) is 18.2 Å². The second kappa shape index (κ2) is 5.68. The predicted molar refractivity (Wildman–Crippen MR) is 78.3 cm³/mol. The minimum atomic E-state index is -0.355. The van der Waals surface area contributed by atoms with E-state index in [1.54, 1.807) is 11.3 Å². The van der Waals surface area contributed by atoms with Crippen molar-refractivity contribution >= 4 is 11.3 Å². The summed E-state index contributed by atoms with van der Waals surface area (Å²) in [6.07, 6.45) is 1.39. The van der Waals surface area contributed by atoms with Gasteiger partial charge in [0.05, 0.1) is 6.10 Å². The van der Waals surface area contributed by atoms with E-state index < -0.39 is 0 Å². The molecule has 1 unspecified atom stereocenters. The molecule has 2 rings (SSSR count). The fourth-order valence-electron chi connectivity index (χ4n) is 2.23. The standard InChI is InChI=1S/C16H20OS/c1-11-9-13(3)15(10-12(11)2)16(17)7-6-14-5-4-8-18-14/h4-5,8-10,16-17H,6-7H2,1-3H3. The molecule has 0 aliphatic heterocycles. The van der Waals surface area contributed by atoms with E-state index in [0.29, 0.717) is 0 Å². The van der Waals surface area contributed by atoms with Gasteiger partial charge < -0.3 is 5.11 Å². The molecule has 0 aliphatic carbocycles. The van der Waals surface area contributed by atoms with Crippen molar-refractivity contribution < 1.29 is 5.11 Å². The van der Waals surface area contributed by atoms with Gasteiger partial charge in [-0.2, -0.15) is 0 Å². The van der Waals surface area contributed by atoms with Crippen molar-refractivity contribution in [2.45, 2.75) is 39.7 Å². The van der Waals surface area contributed by atoms with E-state index in [1.165, 1.54) is 21.6 Å². The molecular formula is C16H20OS. The molecule has 1 aromatic carbocycles. The summed E-state index contributed by atoms with van der Waals surface area (Å²) < 4.78 is 0. The maximum absolute atomic E-state index is 10.3. The largest absolute Gasteiger partial charge is 0.388 e. The van der Waals surface area contributed by atoms with Gasteiger partial charge in [-0.05, 0) is 67.3 Å². The number of aliphatic hydroxyl groups is 1. The van der Waals surface area contributed by atoms with Gasteiger partial charge in [-0.25, -0.2) is 0 Å². The Morgan fingerprint density at radius 3 is 2.50 bits per heavy atom. The van der Waals surface area contributed by atoms with Crippen molar-refractivity contribution in [2.24, 2.45) is 0 Å². The summed E-state index contributed by atoms with van der Waals surface area (Å²) >= 11 is 1.76. The van der Waals surface area contributed by atoms with Gasteiger partial charge in [0, 0.05) is 4.88 Å². The van der Waals surface area contributed by atoms with Gasteiger partial charge >= 0.3 is 0 Å². The molecule has 96 valence electrons. The van der Waals surface area contributed by atoms with Gasteiger partial charge in [0.2, 0.25) is 0 Å². The summed E-state index contributed by atoms with van der Waals surface area (Å²) in [7, 11) is 0. The molecule has 0 amide bonds. The van der Waals surface area contributed by atoms with Crippen LogP contribution in [0.5, 0.6) is 0 Å². The van der Waals surface area contributed by atoms with Crippen LogP contribution in [0, 0.1) is 20.8 Å². The quantitative estimate of drug-likeness (QED) is 0.867. The number of hydrogen-bond acceptors (Lipinski definition) is 2. The number of aliphatic hydroxyl groups excluding tert-OH is 1. The molecule has 2 heteroatoms. The molecule has 1 atom stereocenters. The highest BCUT2D eigenvalue weighted by molar-refractivity contribution is 7.09. The van der Waals surface area contributed by atoms with Crippen LogP contribution in [0.15, 0.2) is 29.6 Å². The number of hydrogen-bond donors (Lipinski definition) is 1. The number of aryl methyl sites for hydroxylation is 4. The van der Waals surface area contributed by atoms with Crippen LogP contribution in [0.2, 0.25) is 0 Å².